The molecule has 0 aliphatic heterocycles. The zero-order chi connectivity index (χ0) is 17.5. The fraction of sp³-hybridized carbons (Fsp3) is 0.235. The van der Waals surface area contributed by atoms with Gasteiger partial charge in [-0.2, -0.15) is 0 Å². The third-order valence-corrected chi connectivity index (χ3v) is 3.35. The van der Waals surface area contributed by atoms with Gasteiger partial charge in [0.25, 0.3) is 0 Å². The maximum Gasteiger partial charge on any atom is 0.319 e. The summed E-state index contributed by atoms with van der Waals surface area (Å²) in [5.41, 5.74) is 0.946. The minimum absolute atomic E-state index is 0.0312. The molecule has 6 nitrogen and oxygen atoms in total. The Bertz CT molecular complexity index is 691. The van der Waals surface area contributed by atoms with E-state index in [1.54, 1.807) is 18.2 Å². The van der Waals surface area contributed by atoms with Gasteiger partial charge in [-0.1, -0.05) is 0 Å². The second-order valence-corrected chi connectivity index (χ2v) is 4.97. The van der Waals surface area contributed by atoms with Gasteiger partial charge in [-0.25, -0.2) is 9.18 Å². The molecular formula is C17H19FN2O4. The van der Waals surface area contributed by atoms with Crippen LogP contribution in [0.1, 0.15) is 11.7 Å². The molecule has 0 bridgehead atoms. The van der Waals surface area contributed by atoms with Gasteiger partial charge in [0, 0.05) is 17.8 Å². The van der Waals surface area contributed by atoms with Crippen LogP contribution in [0.2, 0.25) is 0 Å². The maximum atomic E-state index is 12.8. The van der Waals surface area contributed by atoms with Gasteiger partial charge in [0.15, 0.2) is 0 Å². The fourth-order valence-electron chi connectivity index (χ4n) is 2.11. The largest absolute Gasteiger partial charge is 0.497 e. The number of carbonyl (C=O) groups is 1. The van der Waals surface area contributed by atoms with Crippen LogP contribution in [0.4, 0.5) is 14.9 Å². The van der Waals surface area contributed by atoms with Gasteiger partial charge in [-0.15, -0.1) is 0 Å². The molecule has 3 N–H and O–H groups in total. The molecule has 2 aromatic rings. The number of rotatable bonds is 6. The van der Waals surface area contributed by atoms with E-state index >= 15 is 0 Å². The first kappa shape index (κ1) is 17.6. The van der Waals surface area contributed by atoms with E-state index < -0.39 is 12.1 Å². The van der Waals surface area contributed by atoms with Gasteiger partial charge in [-0.3, -0.25) is 0 Å². The van der Waals surface area contributed by atoms with Crippen molar-refractivity contribution in [3.05, 3.63) is 53.8 Å². The van der Waals surface area contributed by atoms with Crippen molar-refractivity contribution in [1.82, 2.24) is 5.32 Å². The van der Waals surface area contributed by atoms with E-state index in [1.807, 2.05) is 0 Å². The Balaban J connectivity index is 1.95. The van der Waals surface area contributed by atoms with Crippen LogP contribution < -0.4 is 20.1 Å². The maximum absolute atomic E-state index is 12.8. The molecule has 0 radical (unpaired) electrons. The summed E-state index contributed by atoms with van der Waals surface area (Å²) < 4.78 is 23.1. The Morgan fingerprint density at radius 2 is 1.88 bits per heavy atom. The lowest BCUT2D eigenvalue weighted by Crippen LogP contribution is -2.32. The number of ether oxygens (including phenoxy) is 2. The topological polar surface area (TPSA) is 79.8 Å². The number of anilines is 1. The first-order valence-corrected chi connectivity index (χ1v) is 7.24. The van der Waals surface area contributed by atoms with E-state index in [0.29, 0.717) is 22.7 Å². The van der Waals surface area contributed by atoms with Crippen molar-refractivity contribution in [2.75, 3.05) is 26.1 Å². The van der Waals surface area contributed by atoms with E-state index in [1.165, 1.54) is 38.5 Å². The monoisotopic (exact) mass is 334 g/mol. The number of hydrogen-bond acceptors (Lipinski definition) is 4. The summed E-state index contributed by atoms with van der Waals surface area (Å²) in [5.74, 6) is 0.672. The van der Waals surface area contributed by atoms with Gasteiger partial charge in [0.1, 0.15) is 23.4 Å². The summed E-state index contributed by atoms with van der Waals surface area (Å²) in [7, 11) is 3.01. The lowest BCUT2D eigenvalue weighted by Gasteiger charge is -2.17. The predicted octanol–water partition coefficient (Wildman–Crippen LogP) is 2.70. The predicted molar refractivity (Wildman–Crippen MR) is 87.9 cm³/mol. The van der Waals surface area contributed by atoms with Crippen LogP contribution in [0.5, 0.6) is 11.5 Å². The quantitative estimate of drug-likeness (QED) is 0.759. The highest BCUT2D eigenvalue weighted by Gasteiger charge is 2.15. The Labute approximate surface area is 139 Å². The molecule has 128 valence electrons. The molecule has 0 unspecified atom stereocenters. The minimum Gasteiger partial charge on any atom is -0.497 e. The molecule has 0 spiro atoms. The number of amides is 2. The smallest absolute Gasteiger partial charge is 0.319 e. The Morgan fingerprint density at radius 1 is 1.17 bits per heavy atom. The fourth-order valence-corrected chi connectivity index (χ4v) is 2.11. The van der Waals surface area contributed by atoms with Crippen molar-refractivity contribution < 1.29 is 23.8 Å². The Morgan fingerprint density at radius 3 is 2.50 bits per heavy atom. The molecule has 1 atom stereocenters. The lowest BCUT2D eigenvalue weighted by atomic mass is 10.1. The highest BCUT2D eigenvalue weighted by atomic mass is 19.1. The molecule has 0 aliphatic carbocycles. The minimum atomic E-state index is -0.978. The number of halogens is 1. The van der Waals surface area contributed by atoms with Crippen molar-refractivity contribution in [1.29, 1.82) is 0 Å². The molecule has 0 fully saturated rings. The van der Waals surface area contributed by atoms with E-state index in [2.05, 4.69) is 10.6 Å². The van der Waals surface area contributed by atoms with Crippen LogP contribution in [0, 0.1) is 5.82 Å². The van der Waals surface area contributed by atoms with Gasteiger partial charge < -0.3 is 25.2 Å². The first-order valence-electron chi connectivity index (χ1n) is 7.24. The molecule has 2 amide bonds. The normalized spacial score (nSPS) is 11.5. The lowest BCUT2D eigenvalue weighted by molar-refractivity contribution is 0.170. The molecule has 7 heteroatoms. The molecule has 0 aliphatic rings. The number of methoxy groups -OCH3 is 2. The Hall–Kier alpha value is -2.80. The van der Waals surface area contributed by atoms with Crippen LogP contribution in [0.25, 0.3) is 0 Å². The van der Waals surface area contributed by atoms with E-state index in [4.69, 9.17) is 9.47 Å². The van der Waals surface area contributed by atoms with Crippen molar-refractivity contribution in [2.45, 2.75) is 6.10 Å². The Kier molecular flexibility index (Phi) is 5.97. The average molecular weight is 334 g/mol. The van der Waals surface area contributed by atoms with Crippen LogP contribution in [0.3, 0.4) is 0 Å². The van der Waals surface area contributed by atoms with Crippen molar-refractivity contribution >= 4 is 11.7 Å². The first-order chi connectivity index (χ1) is 11.5. The zero-order valence-electron chi connectivity index (χ0n) is 13.4. The van der Waals surface area contributed by atoms with Crippen LogP contribution in [-0.4, -0.2) is 31.9 Å². The van der Waals surface area contributed by atoms with E-state index in [-0.39, 0.29) is 12.4 Å². The molecule has 0 aromatic heterocycles. The van der Waals surface area contributed by atoms with Crippen molar-refractivity contribution in [3.63, 3.8) is 0 Å². The van der Waals surface area contributed by atoms with Gasteiger partial charge in [-0.05, 0) is 42.5 Å². The highest BCUT2D eigenvalue weighted by molar-refractivity contribution is 5.89. The number of urea groups is 1. The molecule has 0 saturated carbocycles. The van der Waals surface area contributed by atoms with Gasteiger partial charge in [0.2, 0.25) is 0 Å². The average Bonchev–Trinajstić information content (AvgIpc) is 2.61. The second-order valence-electron chi connectivity index (χ2n) is 4.97. The molecule has 2 rings (SSSR count). The molecular weight excluding hydrogens is 315 g/mol. The number of nitrogens with one attached hydrogen (secondary N) is 2. The summed E-state index contributed by atoms with van der Waals surface area (Å²) in [6, 6.07) is 9.88. The molecule has 0 saturated heterocycles. The number of aliphatic hydroxyl groups is 1. The van der Waals surface area contributed by atoms with Gasteiger partial charge >= 0.3 is 6.03 Å². The summed E-state index contributed by atoms with van der Waals surface area (Å²) in [6.07, 6.45) is -0.978. The summed E-state index contributed by atoms with van der Waals surface area (Å²) >= 11 is 0. The van der Waals surface area contributed by atoms with Crippen LogP contribution in [0.15, 0.2) is 42.5 Å². The molecule has 0 heterocycles. The summed E-state index contributed by atoms with van der Waals surface area (Å²) in [5, 5.41) is 15.4. The number of aliphatic hydroxyl groups excluding tert-OH is 1. The summed E-state index contributed by atoms with van der Waals surface area (Å²) in [6.45, 7) is -0.0312. The number of benzene rings is 2. The molecule has 2 aromatic carbocycles. The highest BCUT2D eigenvalue weighted by Crippen LogP contribution is 2.29. The van der Waals surface area contributed by atoms with Gasteiger partial charge in [0.05, 0.1) is 14.2 Å². The number of hydrogen-bond donors (Lipinski definition) is 3. The van der Waals surface area contributed by atoms with E-state index in [9.17, 15) is 14.3 Å². The third kappa shape index (κ3) is 4.60. The SMILES string of the molecule is COc1ccc(OC)c([C@H](O)CNC(=O)Nc2ccc(F)cc2)c1. The van der Waals surface area contributed by atoms with Crippen molar-refractivity contribution in [3.8, 4) is 11.5 Å². The van der Waals surface area contributed by atoms with Crippen molar-refractivity contribution in [2.24, 2.45) is 0 Å². The third-order valence-electron chi connectivity index (χ3n) is 3.35. The standard InChI is InChI=1S/C17H19FN2O4/c1-23-13-7-8-16(24-2)14(9-13)15(21)10-19-17(22)20-12-5-3-11(18)4-6-12/h3-9,15,21H,10H2,1-2H3,(H2,19,20,22)/t15-/m1/s1. The zero-order valence-corrected chi connectivity index (χ0v) is 13.4. The van der Waals surface area contributed by atoms with Crippen LogP contribution in [-0.2, 0) is 0 Å². The van der Waals surface area contributed by atoms with Crippen LogP contribution >= 0.6 is 0 Å². The van der Waals surface area contributed by atoms with E-state index in [0.717, 1.165) is 0 Å². The number of carbonyl (C=O) groups excluding carboxylic acids is 1. The molecule has 24 heavy (non-hydrogen) atoms. The second kappa shape index (κ2) is 8.16. The summed E-state index contributed by atoms with van der Waals surface area (Å²) in [4.78, 5) is 11.8.